The summed E-state index contributed by atoms with van der Waals surface area (Å²) in [6.07, 6.45) is 3.36. The van der Waals surface area contributed by atoms with Crippen LogP contribution in [0.3, 0.4) is 0 Å². The first-order valence-corrected chi connectivity index (χ1v) is 6.57. The molecule has 1 N–H and O–H groups in total. The predicted octanol–water partition coefficient (Wildman–Crippen LogP) is 1.12. The molecule has 0 fully saturated rings. The highest BCUT2D eigenvalue weighted by atomic mass is 16.5. The highest BCUT2D eigenvalue weighted by Crippen LogP contribution is 2.13. The Labute approximate surface area is 118 Å². The van der Waals surface area contributed by atoms with Gasteiger partial charge in [0.1, 0.15) is 0 Å². The second-order valence-electron chi connectivity index (χ2n) is 4.39. The van der Waals surface area contributed by atoms with Gasteiger partial charge in [0, 0.05) is 30.9 Å². The fourth-order valence-corrected chi connectivity index (χ4v) is 1.77. The molecule has 0 bridgehead atoms. The van der Waals surface area contributed by atoms with E-state index in [4.69, 9.17) is 4.74 Å². The van der Waals surface area contributed by atoms with E-state index in [1.165, 1.54) is 6.08 Å². The number of carbonyl (C=O) groups is 2. The molecule has 0 aliphatic carbocycles. The van der Waals surface area contributed by atoms with Gasteiger partial charge in [-0.3, -0.25) is 14.3 Å². The Balaban J connectivity index is 2.46. The van der Waals surface area contributed by atoms with Gasteiger partial charge < -0.3 is 10.1 Å². The molecule has 1 rings (SSSR count). The molecule has 0 aliphatic heterocycles. The summed E-state index contributed by atoms with van der Waals surface area (Å²) < 4.78 is 6.54. The van der Waals surface area contributed by atoms with Gasteiger partial charge in [-0.2, -0.15) is 5.10 Å². The molecule has 1 aromatic heterocycles. The summed E-state index contributed by atoms with van der Waals surface area (Å²) in [5, 5.41) is 6.90. The van der Waals surface area contributed by atoms with E-state index in [1.54, 1.807) is 17.7 Å². The van der Waals surface area contributed by atoms with E-state index in [9.17, 15) is 9.59 Å². The summed E-state index contributed by atoms with van der Waals surface area (Å²) in [7, 11) is 1.86. The van der Waals surface area contributed by atoms with Gasteiger partial charge >= 0.3 is 5.97 Å². The van der Waals surface area contributed by atoms with Crippen LogP contribution in [0.2, 0.25) is 0 Å². The maximum Gasteiger partial charge on any atom is 0.307 e. The molecular formula is C14H21N3O3. The molecule has 6 heteroatoms. The minimum absolute atomic E-state index is 0.179. The quantitative estimate of drug-likeness (QED) is 0.625. The van der Waals surface area contributed by atoms with Crippen molar-refractivity contribution in [2.45, 2.75) is 27.2 Å². The molecule has 0 saturated heterocycles. The van der Waals surface area contributed by atoms with Gasteiger partial charge in [0.25, 0.3) is 0 Å². The Morgan fingerprint density at radius 1 is 1.40 bits per heavy atom. The average Bonchev–Trinajstić information content (AvgIpc) is 2.61. The van der Waals surface area contributed by atoms with E-state index in [1.807, 2.05) is 20.9 Å². The number of hydrogen-bond donors (Lipinski definition) is 1. The fraction of sp³-hybridized carbons (Fsp3) is 0.500. The number of rotatable bonds is 6. The summed E-state index contributed by atoms with van der Waals surface area (Å²) in [5.74, 6) is -0.548. The van der Waals surface area contributed by atoms with Crippen molar-refractivity contribution in [2.75, 3.05) is 13.2 Å². The Kier molecular flexibility index (Phi) is 5.96. The van der Waals surface area contributed by atoms with Crippen molar-refractivity contribution >= 4 is 18.0 Å². The third-order valence-electron chi connectivity index (χ3n) is 2.90. The fourth-order valence-electron chi connectivity index (χ4n) is 1.77. The van der Waals surface area contributed by atoms with Crippen LogP contribution in [0.25, 0.3) is 6.08 Å². The number of nitrogens with one attached hydrogen (secondary N) is 1. The van der Waals surface area contributed by atoms with Crippen LogP contribution in [0.1, 0.15) is 30.3 Å². The smallest absolute Gasteiger partial charge is 0.307 e. The van der Waals surface area contributed by atoms with Crippen LogP contribution >= 0.6 is 0 Å². The van der Waals surface area contributed by atoms with Gasteiger partial charge in [0.05, 0.1) is 18.7 Å². The first-order valence-electron chi connectivity index (χ1n) is 6.57. The van der Waals surface area contributed by atoms with E-state index >= 15 is 0 Å². The van der Waals surface area contributed by atoms with E-state index in [2.05, 4.69) is 10.4 Å². The minimum Gasteiger partial charge on any atom is -0.466 e. The first kappa shape index (κ1) is 15.9. The number of hydrogen-bond acceptors (Lipinski definition) is 4. The zero-order chi connectivity index (χ0) is 15.1. The Hall–Kier alpha value is -2.11. The van der Waals surface area contributed by atoms with Crippen molar-refractivity contribution in [2.24, 2.45) is 7.05 Å². The van der Waals surface area contributed by atoms with Gasteiger partial charge in [0.15, 0.2) is 0 Å². The summed E-state index contributed by atoms with van der Waals surface area (Å²) in [6, 6.07) is 0. The molecule has 6 nitrogen and oxygen atoms in total. The number of ether oxygens (including phenoxy) is 1. The summed E-state index contributed by atoms with van der Waals surface area (Å²) in [4.78, 5) is 22.7. The Morgan fingerprint density at radius 3 is 2.65 bits per heavy atom. The van der Waals surface area contributed by atoms with Gasteiger partial charge in [-0.1, -0.05) is 0 Å². The first-order chi connectivity index (χ1) is 9.45. The Morgan fingerprint density at radius 2 is 2.10 bits per heavy atom. The van der Waals surface area contributed by atoms with Crippen LogP contribution in [0.15, 0.2) is 6.08 Å². The van der Waals surface area contributed by atoms with E-state index in [0.29, 0.717) is 6.61 Å². The highest BCUT2D eigenvalue weighted by Gasteiger charge is 2.07. The minimum atomic E-state index is -0.310. The second kappa shape index (κ2) is 7.47. The predicted molar refractivity (Wildman–Crippen MR) is 76.0 cm³/mol. The van der Waals surface area contributed by atoms with Crippen LogP contribution in [0.4, 0.5) is 0 Å². The zero-order valence-corrected chi connectivity index (χ0v) is 12.4. The molecule has 0 atom stereocenters. The van der Waals surface area contributed by atoms with Crippen molar-refractivity contribution in [3.63, 3.8) is 0 Å². The van der Waals surface area contributed by atoms with Crippen LogP contribution in [0, 0.1) is 13.8 Å². The molecule has 1 heterocycles. The third kappa shape index (κ3) is 4.53. The largest absolute Gasteiger partial charge is 0.466 e. The monoisotopic (exact) mass is 279 g/mol. The van der Waals surface area contributed by atoms with Gasteiger partial charge in [-0.15, -0.1) is 0 Å². The normalized spacial score (nSPS) is 10.8. The number of amides is 1. The SMILES string of the molecule is CCOC(=O)CCNC(=O)C=Cc1c(C)nn(C)c1C. The van der Waals surface area contributed by atoms with Gasteiger partial charge in [-0.05, 0) is 26.8 Å². The summed E-state index contributed by atoms with van der Waals surface area (Å²) in [5.41, 5.74) is 2.81. The molecule has 0 aliphatic rings. The molecule has 1 amide bonds. The molecule has 0 radical (unpaired) electrons. The molecule has 1 aromatic rings. The molecular weight excluding hydrogens is 258 g/mol. The van der Waals surface area contributed by atoms with Crippen LogP contribution in [-0.2, 0) is 21.4 Å². The average molecular weight is 279 g/mol. The topological polar surface area (TPSA) is 73.2 Å². The molecule has 0 saturated carbocycles. The van der Waals surface area contributed by atoms with E-state index < -0.39 is 0 Å². The van der Waals surface area contributed by atoms with Crippen molar-refractivity contribution in [1.82, 2.24) is 15.1 Å². The highest BCUT2D eigenvalue weighted by molar-refractivity contribution is 5.92. The standard InChI is InChI=1S/C14H21N3O3/c1-5-20-14(19)8-9-15-13(18)7-6-12-10(2)16-17(4)11(12)3/h6-7H,5,8-9H2,1-4H3,(H,15,18). The van der Waals surface area contributed by atoms with E-state index in [0.717, 1.165) is 17.0 Å². The number of aryl methyl sites for hydroxylation is 2. The van der Waals surface area contributed by atoms with Gasteiger partial charge in [-0.25, -0.2) is 0 Å². The number of nitrogens with zero attached hydrogens (tertiary/aromatic N) is 2. The van der Waals surface area contributed by atoms with Crippen molar-refractivity contribution < 1.29 is 14.3 Å². The maximum atomic E-state index is 11.6. The lowest BCUT2D eigenvalue weighted by Gasteiger charge is -2.02. The lowest BCUT2D eigenvalue weighted by atomic mass is 10.2. The third-order valence-corrected chi connectivity index (χ3v) is 2.90. The van der Waals surface area contributed by atoms with Crippen molar-refractivity contribution in [3.05, 3.63) is 23.0 Å². The maximum absolute atomic E-state index is 11.6. The summed E-state index contributed by atoms with van der Waals surface area (Å²) >= 11 is 0. The van der Waals surface area contributed by atoms with Crippen LogP contribution in [0.5, 0.6) is 0 Å². The van der Waals surface area contributed by atoms with Crippen molar-refractivity contribution in [3.8, 4) is 0 Å². The molecule has 0 spiro atoms. The lowest BCUT2D eigenvalue weighted by Crippen LogP contribution is -2.24. The summed E-state index contributed by atoms with van der Waals surface area (Å²) in [6.45, 7) is 6.21. The van der Waals surface area contributed by atoms with Crippen molar-refractivity contribution in [1.29, 1.82) is 0 Å². The number of carbonyl (C=O) groups excluding carboxylic acids is 2. The number of esters is 1. The van der Waals surface area contributed by atoms with Gasteiger partial charge in [0.2, 0.25) is 5.91 Å². The lowest BCUT2D eigenvalue weighted by molar-refractivity contribution is -0.142. The van der Waals surface area contributed by atoms with Crippen LogP contribution in [-0.4, -0.2) is 34.8 Å². The molecule has 20 heavy (non-hydrogen) atoms. The Bertz CT molecular complexity index is 518. The number of aromatic nitrogens is 2. The molecule has 0 aromatic carbocycles. The zero-order valence-electron chi connectivity index (χ0n) is 12.4. The molecule has 110 valence electrons. The molecule has 0 unspecified atom stereocenters. The van der Waals surface area contributed by atoms with E-state index in [-0.39, 0.29) is 24.8 Å². The van der Waals surface area contributed by atoms with Crippen LogP contribution < -0.4 is 5.32 Å². The second-order valence-corrected chi connectivity index (χ2v) is 4.39.